The van der Waals surface area contributed by atoms with E-state index < -0.39 is 5.97 Å². The molecule has 0 atom stereocenters. The van der Waals surface area contributed by atoms with Crippen molar-refractivity contribution in [3.05, 3.63) is 16.1 Å². The monoisotopic (exact) mass is 257 g/mol. The number of rotatable bonds is 6. The molecule has 0 fully saturated rings. The lowest BCUT2D eigenvalue weighted by Crippen LogP contribution is -2.29. The number of carbonyl (C=O) groups excluding carboxylic acids is 1. The number of aliphatic carboxylic acids is 1. The molecule has 1 amide bonds. The molecule has 1 aromatic rings. The molecule has 0 radical (unpaired) electrons. The number of carbonyl (C=O) groups is 2. The van der Waals surface area contributed by atoms with Crippen molar-refractivity contribution >= 4 is 23.2 Å². The first kappa shape index (κ1) is 13.6. The second-order valence-electron chi connectivity index (χ2n) is 3.54. The lowest BCUT2D eigenvalue weighted by Gasteiger charge is -2.14. The van der Waals surface area contributed by atoms with Crippen LogP contribution in [0, 0.1) is 0 Å². The van der Waals surface area contributed by atoms with Crippen LogP contribution >= 0.6 is 11.3 Å². The molecule has 0 saturated carbocycles. The first-order chi connectivity index (χ1) is 8.04. The first-order valence-corrected chi connectivity index (χ1v) is 6.04. The van der Waals surface area contributed by atoms with Crippen LogP contribution in [0.15, 0.2) is 5.38 Å². The summed E-state index contributed by atoms with van der Waals surface area (Å²) in [5.41, 5.74) is 5.75. The van der Waals surface area contributed by atoms with Gasteiger partial charge in [0.2, 0.25) is 0 Å². The van der Waals surface area contributed by atoms with E-state index in [1.54, 1.807) is 12.4 Å². The highest BCUT2D eigenvalue weighted by Gasteiger charge is 2.15. The molecule has 0 aliphatic heterocycles. The second-order valence-corrected chi connectivity index (χ2v) is 4.48. The van der Waals surface area contributed by atoms with Gasteiger partial charge in [0, 0.05) is 25.4 Å². The number of carboxylic acid groups (broad SMARTS) is 1. The van der Waals surface area contributed by atoms with E-state index in [-0.39, 0.29) is 18.9 Å². The molecular formula is C10H15N3O3S. The number of amides is 1. The van der Waals surface area contributed by atoms with Gasteiger partial charge >= 0.3 is 5.97 Å². The van der Waals surface area contributed by atoms with Crippen LogP contribution in [0.3, 0.4) is 0 Å². The molecule has 0 aliphatic carbocycles. The van der Waals surface area contributed by atoms with Crippen LogP contribution < -0.4 is 5.73 Å². The smallest absolute Gasteiger partial charge is 0.305 e. The molecule has 6 nitrogen and oxygen atoms in total. The number of nitrogens with zero attached hydrogens (tertiary/aromatic N) is 2. The largest absolute Gasteiger partial charge is 0.481 e. The van der Waals surface area contributed by atoms with Gasteiger partial charge in [-0.15, -0.1) is 11.3 Å². The van der Waals surface area contributed by atoms with Crippen molar-refractivity contribution in [2.75, 3.05) is 20.1 Å². The number of nitrogens with two attached hydrogens (primary N) is 1. The molecule has 0 aromatic carbocycles. The maximum Gasteiger partial charge on any atom is 0.305 e. The molecule has 0 saturated heterocycles. The van der Waals surface area contributed by atoms with Crippen LogP contribution in [0.2, 0.25) is 0 Å². The number of aromatic nitrogens is 1. The fourth-order valence-corrected chi connectivity index (χ4v) is 2.00. The van der Waals surface area contributed by atoms with Crippen LogP contribution in [-0.4, -0.2) is 47.0 Å². The molecule has 0 bridgehead atoms. The summed E-state index contributed by atoms with van der Waals surface area (Å²) in [4.78, 5) is 27.7. The summed E-state index contributed by atoms with van der Waals surface area (Å²) in [5, 5.41) is 11.0. The predicted octanol–water partition coefficient (Wildman–Crippen LogP) is 0.191. The van der Waals surface area contributed by atoms with Gasteiger partial charge in [0.15, 0.2) is 0 Å². The van der Waals surface area contributed by atoms with Crippen molar-refractivity contribution in [3.63, 3.8) is 0 Å². The summed E-state index contributed by atoms with van der Waals surface area (Å²) >= 11 is 1.39. The number of hydrogen-bond donors (Lipinski definition) is 2. The Kier molecular flexibility index (Phi) is 5.05. The Morgan fingerprint density at radius 1 is 1.59 bits per heavy atom. The van der Waals surface area contributed by atoms with E-state index in [9.17, 15) is 9.59 Å². The minimum Gasteiger partial charge on any atom is -0.481 e. The van der Waals surface area contributed by atoms with E-state index in [4.69, 9.17) is 10.8 Å². The first-order valence-electron chi connectivity index (χ1n) is 5.16. The zero-order valence-electron chi connectivity index (χ0n) is 9.55. The van der Waals surface area contributed by atoms with Crippen LogP contribution in [-0.2, 0) is 11.2 Å². The maximum atomic E-state index is 11.8. The van der Waals surface area contributed by atoms with Gasteiger partial charge in [-0.05, 0) is 6.54 Å². The van der Waals surface area contributed by atoms with Gasteiger partial charge in [0.05, 0.1) is 11.4 Å². The Morgan fingerprint density at radius 2 is 2.29 bits per heavy atom. The summed E-state index contributed by atoms with van der Waals surface area (Å²) in [6.45, 7) is 0.675. The molecule has 0 aliphatic rings. The Balaban J connectivity index is 2.58. The van der Waals surface area contributed by atoms with Crippen molar-refractivity contribution in [3.8, 4) is 0 Å². The van der Waals surface area contributed by atoms with E-state index >= 15 is 0 Å². The zero-order valence-corrected chi connectivity index (χ0v) is 10.4. The van der Waals surface area contributed by atoms with E-state index in [1.807, 2.05) is 0 Å². The van der Waals surface area contributed by atoms with E-state index in [2.05, 4.69) is 4.98 Å². The maximum absolute atomic E-state index is 11.8. The number of carboxylic acids is 1. The van der Waals surface area contributed by atoms with Crippen LogP contribution in [0.1, 0.15) is 21.9 Å². The number of hydrogen-bond acceptors (Lipinski definition) is 5. The quantitative estimate of drug-likeness (QED) is 0.758. The van der Waals surface area contributed by atoms with Crippen LogP contribution in [0.4, 0.5) is 0 Å². The standard InChI is InChI=1S/C10H15N3O3S/c1-13(5-3-9(14)15)10(16)7-6-17-8(12-7)2-4-11/h6H,2-5,11H2,1H3,(H,14,15). The Bertz CT molecular complexity index is 405. The minimum absolute atomic E-state index is 0.0674. The van der Waals surface area contributed by atoms with E-state index in [1.165, 1.54) is 16.2 Å². The summed E-state index contributed by atoms with van der Waals surface area (Å²) in [7, 11) is 1.56. The molecule has 0 unspecified atom stereocenters. The summed E-state index contributed by atoms with van der Waals surface area (Å²) in [5.74, 6) is -1.18. The van der Waals surface area contributed by atoms with Gasteiger partial charge in [0.25, 0.3) is 5.91 Å². The lowest BCUT2D eigenvalue weighted by molar-refractivity contribution is -0.137. The van der Waals surface area contributed by atoms with Crippen LogP contribution in [0.5, 0.6) is 0 Å². The van der Waals surface area contributed by atoms with E-state index in [0.717, 1.165) is 5.01 Å². The molecule has 7 heteroatoms. The zero-order chi connectivity index (χ0) is 12.8. The third-order valence-corrected chi connectivity index (χ3v) is 3.05. The van der Waals surface area contributed by atoms with E-state index in [0.29, 0.717) is 18.7 Å². The molecule has 17 heavy (non-hydrogen) atoms. The SMILES string of the molecule is CN(CCC(=O)O)C(=O)c1csc(CCN)n1. The van der Waals surface area contributed by atoms with Crippen molar-refractivity contribution in [2.45, 2.75) is 12.8 Å². The van der Waals surface area contributed by atoms with Gasteiger partial charge in [-0.2, -0.15) is 0 Å². The third kappa shape index (κ3) is 4.12. The normalized spacial score (nSPS) is 10.2. The molecule has 1 rings (SSSR count). The lowest BCUT2D eigenvalue weighted by atomic mass is 10.3. The average Bonchev–Trinajstić information content (AvgIpc) is 2.74. The molecule has 1 aromatic heterocycles. The minimum atomic E-state index is -0.924. The van der Waals surface area contributed by atoms with Gasteiger partial charge in [0.1, 0.15) is 5.69 Å². The topological polar surface area (TPSA) is 96.5 Å². The summed E-state index contributed by atoms with van der Waals surface area (Å²) in [6, 6.07) is 0. The molecule has 3 N–H and O–H groups in total. The Hall–Kier alpha value is -1.47. The Morgan fingerprint density at radius 3 is 2.88 bits per heavy atom. The average molecular weight is 257 g/mol. The highest BCUT2D eigenvalue weighted by Crippen LogP contribution is 2.11. The molecule has 0 spiro atoms. The highest BCUT2D eigenvalue weighted by atomic mass is 32.1. The van der Waals surface area contributed by atoms with Gasteiger partial charge in [-0.3, -0.25) is 9.59 Å². The Labute approximate surface area is 103 Å². The van der Waals surface area contributed by atoms with Crippen molar-refractivity contribution in [1.29, 1.82) is 0 Å². The fraction of sp³-hybridized carbons (Fsp3) is 0.500. The highest BCUT2D eigenvalue weighted by molar-refractivity contribution is 7.09. The van der Waals surface area contributed by atoms with Gasteiger partial charge in [-0.1, -0.05) is 0 Å². The molecule has 94 valence electrons. The predicted molar refractivity (Wildman–Crippen MR) is 64.1 cm³/mol. The van der Waals surface area contributed by atoms with Crippen molar-refractivity contribution in [2.24, 2.45) is 5.73 Å². The van der Waals surface area contributed by atoms with Gasteiger partial charge < -0.3 is 15.7 Å². The van der Waals surface area contributed by atoms with Crippen LogP contribution in [0.25, 0.3) is 0 Å². The molecular weight excluding hydrogens is 242 g/mol. The number of thiazole rings is 1. The summed E-state index contributed by atoms with van der Waals surface area (Å²) < 4.78 is 0. The second kappa shape index (κ2) is 6.31. The fourth-order valence-electron chi connectivity index (χ4n) is 1.21. The molecule has 1 heterocycles. The summed E-state index contributed by atoms with van der Waals surface area (Å²) in [6.07, 6.45) is 0.582. The van der Waals surface area contributed by atoms with Crippen molar-refractivity contribution in [1.82, 2.24) is 9.88 Å². The van der Waals surface area contributed by atoms with Gasteiger partial charge in [-0.25, -0.2) is 4.98 Å². The third-order valence-electron chi connectivity index (χ3n) is 2.14. The van der Waals surface area contributed by atoms with Crippen molar-refractivity contribution < 1.29 is 14.7 Å².